The second-order valence-electron chi connectivity index (χ2n) is 3.85. The monoisotopic (exact) mass is 280 g/mol. The molecule has 108 valence electrons. The molecule has 1 aromatic carbocycles. The Labute approximate surface area is 116 Å². The Kier molecular flexibility index (Phi) is 5.58. The number of phenolic OH excluding ortho intramolecular Hbond substituents is 1. The molecule has 1 rings (SSSR count). The van der Waals surface area contributed by atoms with Crippen molar-refractivity contribution in [1.29, 1.82) is 0 Å². The molecular weight excluding hydrogens is 264 g/mol. The Balaban J connectivity index is 3.12. The number of carbonyl (C=O) groups is 2. The number of esters is 2. The van der Waals surface area contributed by atoms with Crippen LogP contribution in [0.5, 0.6) is 11.5 Å². The van der Waals surface area contributed by atoms with Gasteiger partial charge in [-0.2, -0.15) is 0 Å². The average molecular weight is 280 g/mol. The lowest BCUT2D eigenvalue weighted by Gasteiger charge is -2.07. The largest absolute Gasteiger partial charge is 0.504 e. The van der Waals surface area contributed by atoms with Crippen molar-refractivity contribution in [1.82, 2.24) is 0 Å². The van der Waals surface area contributed by atoms with Gasteiger partial charge in [-0.05, 0) is 23.8 Å². The van der Waals surface area contributed by atoms with Crippen LogP contribution in [-0.4, -0.2) is 38.4 Å². The fourth-order valence-corrected chi connectivity index (χ4v) is 1.53. The van der Waals surface area contributed by atoms with Crippen LogP contribution >= 0.6 is 0 Å². The normalized spacial score (nSPS) is 10.8. The maximum Gasteiger partial charge on any atom is 0.334 e. The molecule has 1 N–H and O–H groups in total. The lowest BCUT2D eigenvalue weighted by atomic mass is 10.1. The summed E-state index contributed by atoms with van der Waals surface area (Å²) in [5, 5.41) is 9.50. The standard InChI is InChI=1S/C14H16O6/c1-18-12-7-9(4-5-11(12)15)6-10(14(17)20-3)8-13(16)19-2/h4-7,15H,8H2,1-3H3. The number of aromatic hydroxyl groups is 1. The highest BCUT2D eigenvalue weighted by Crippen LogP contribution is 2.27. The molecule has 6 nitrogen and oxygen atoms in total. The number of carbonyl (C=O) groups excluding carboxylic acids is 2. The molecule has 0 saturated heterocycles. The zero-order valence-corrected chi connectivity index (χ0v) is 11.5. The van der Waals surface area contributed by atoms with E-state index in [2.05, 4.69) is 9.47 Å². The van der Waals surface area contributed by atoms with Gasteiger partial charge in [-0.15, -0.1) is 0 Å². The third-order valence-corrected chi connectivity index (χ3v) is 2.55. The summed E-state index contributed by atoms with van der Waals surface area (Å²) in [5.41, 5.74) is 0.732. The Morgan fingerprint density at radius 3 is 2.45 bits per heavy atom. The summed E-state index contributed by atoms with van der Waals surface area (Å²) in [6, 6.07) is 4.55. The fourth-order valence-electron chi connectivity index (χ4n) is 1.53. The second kappa shape index (κ2) is 7.18. The van der Waals surface area contributed by atoms with Crippen molar-refractivity contribution in [3.63, 3.8) is 0 Å². The van der Waals surface area contributed by atoms with Crippen LogP contribution in [0.2, 0.25) is 0 Å². The number of hydrogen-bond acceptors (Lipinski definition) is 6. The van der Waals surface area contributed by atoms with Gasteiger partial charge < -0.3 is 19.3 Å². The molecule has 0 aromatic heterocycles. The topological polar surface area (TPSA) is 82.1 Å². The lowest BCUT2D eigenvalue weighted by Crippen LogP contribution is -2.10. The Morgan fingerprint density at radius 2 is 1.90 bits per heavy atom. The molecule has 0 bridgehead atoms. The summed E-state index contributed by atoms with van der Waals surface area (Å²) in [6.07, 6.45) is 1.27. The Bertz CT molecular complexity index is 532. The summed E-state index contributed by atoms with van der Waals surface area (Å²) in [7, 11) is 3.88. The van der Waals surface area contributed by atoms with Gasteiger partial charge in [0.15, 0.2) is 11.5 Å². The van der Waals surface area contributed by atoms with Gasteiger partial charge in [-0.25, -0.2) is 4.79 Å². The van der Waals surface area contributed by atoms with E-state index in [-0.39, 0.29) is 23.5 Å². The van der Waals surface area contributed by atoms with Crippen molar-refractivity contribution in [2.24, 2.45) is 0 Å². The SMILES string of the molecule is COC(=O)CC(=Cc1ccc(O)c(OC)c1)C(=O)OC. The van der Waals surface area contributed by atoms with Gasteiger partial charge in [0, 0.05) is 5.57 Å². The maximum atomic E-state index is 11.6. The van der Waals surface area contributed by atoms with E-state index in [0.717, 1.165) is 0 Å². The third-order valence-electron chi connectivity index (χ3n) is 2.55. The van der Waals surface area contributed by atoms with Gasteiger partial charge in [0.25, 0.3) is 0 Å². The smallest absolute Gasteiger partial charge is 0.334 e. The minimum atomic E-state index is -0.623. The number of hydrogen-bond donors (Lipinski definition) is 1. The van der Waals surface area contributed by atoms with Gasteiger partial charge in [-0.3, -0.25) is 4.79 Å². The number of ether oxygens (including phenoxy) is 3. The Morgan fingerprint density at radius 1 is 1.20 bits per heavy atom. The highest BCUT2D eigenvalue weighted by molar-refractivity contribution is 5.98. The Hall–Kier alpha value is -2.50. The van der Waals surface area contributed by atoms with Crippen LogP contribution in [0.15, 0.2) is 23.8 Å². The summed E-state index contributed by atoms with van der Waals surface area (Å²) in [6.45, 7) is 0. The van der Waals surface area contributed by atoms with Crippen LogP contribution < -0.4 is 4.74 Å². The van der Waals surface area contributed by atoms with Crippen molar-refractivity contribution < 1.29 is 28.9 Å². The zero-order valence-electron chi connectivity index (χ0n) is 11.5. The number of methoxy groups -OCH3 is 3. The molecule has 1 aromatic rings. The quantitative estimate of drug-likeness (QED) is 0.650. The van der Waals surface area contributed by atoms with Crippen LogP contribution in [0.1, 0.15) is 12.0 Å². The highest BCUT2D eigenvalue weighted by atomic mass is 16.5. The van der Waals surface area contributed by atoms with Gasteiger partial charge in [0.2, 0.25) is 0 Å². The van der Waals surface area contributed by atoms with E-state index in [4.69, 9.17) is 4.74 Å². The number of rotatable bonds is 5. The summed E-state index contributed by atoms with van der Waals surface area (Å²) in [5.74, 6) is -0.923. The van der Waals surface area contributed by atoms with Crippen LogP contribution in [0.3, 0.4) is 0 Å². The first-order chi connectivity index (χ1) is 9.51. The molecule has 6 heteroatoms. The van der Waals surface area contributed by atoms with Crippen molar-refractivity contribution in [2.75, 3.05) is 21.3 Å². The zero-order chi connectivity index (χ0) is 15.1. The van der Waals surface area contributed by atoms with E-state index in [1.54, 1.807) is 6.07 Å². The molecule has 0 atom stereocenters. The molecule has 0 radical (unpaired) electrons. The van der Waals surface area contributed by atoms with Gasteiger partial charge in [-0.1, -0.05) is 6.07 Å². The van der Waals surface area contributed by atoms with E-state index in [1.165, 1.54) is 39.5 Å². The number of benzene rings is 1. The van der Waals surface area contributed by atoms with Crippen molar-refractivity contribution in [3.05, 3.63) is 29.3 Å². The predicted molar refractivity (Wildman–Crippen MR) is 71.3 cm³/mol. The van der Waals surface area contributed by atoms with E-state index in [0.29, 0.717) is 5.56 Å². The minimum Gasteiger partial charge on any atom is -0.504 e. The molecule has 0 fully saturated rings. The molecule has 20 heavy (non-hydrogen) atoms. The molecule has 0 spiro atoms. The fraction of sp³-hybridized carbons (Fsp3) is 0.286. The summed E-state index contributed by atoms with van der Waals surface area (Å²) in [4.78, 5) is 22.9. The lowest BCUT2D eigenvalue weighted by molar-refractivity contribution is -0.143. The first-order valence-corrected chi connectivity index (χ1v) is 5.74. The van der Waals surface area contributed by atoms with Gasteiger partial charge in [0.1, 0.15) is 0 Å². The molecule has 0 saturated carbocycles. The van der Waals surface area contributed by atoms with E-state index < -0.39 is 11.9 Å². The van der Waals surface area contributed by atoms with Gasteiger partial charge >= 0.3 is 11.9 Å². The number of phenols is 1. The van der Waals surface area contributed by atoms with Crippen molar-refractivity contribution in [2.45, 2.75) is 6.42 Å². The van der Waals surface area contributed by atoms with E-state index in [1.807, 2.05) is 0 Å². The predicted octanol–water partition coefficient (Wildman–Crippen LogP) is 1.52. The van der Waals surface area contributed by atoms with E-state index >= 15 is 0 Å². The average Bonchev–Trinajstić information content (AvgIpc) is 2.47. The molecule has 0 heterocycles. The van der Waals surface area contributed by atoms with Crippen molar-refractivity contribution in [3.8, 4) is 11.5 Å². The molecule has 0 aliphatic carbocycles. The highest BCUT2D eigenvalue weighted by Gasteiger charge is 2.15. The van der Waals surface area contributed by atoms with Crippen LogP contribution in [-0.2, 0) is 19.1 Å². The van der Waals surface area contributed by atoms with Gasteiger partial charge in [0.05, 0.1) is 27.8 Å². The minimum absolute atomic E-state index is 0.0164. The molecule has 0 aliphatic heterocycles. The molecular formula is C14H16O6. The molecule has 0 amide bonds. The summed E-state index contributed by atoms with van der Waals surface area (Å²) >= 11 is 0. The second-order valence-corrected chi connectivity index (χ2v) is 3.85. The van der Waals surface area contributed by atoms with Crippen molar-refractivity contribution >= 4 is 18.0 Å². The van der Waals surface area contributed by atoms with Crippen LogP contribution in [0.4, 0.5) is 0 Å². The maximum absolute atomic E-state index is 11.6. The van der Waals surface area contributed by atoms with Crippen LogP contribution in [0, 0.1) is 0 Å². The first-order valence-electron chi connectivity index (χ1n) is 5.74. The third kappa shape index (κ3) is 4.01. The first kappa shape index (κ1) is 15.6. The molecule has 0 unspecified atom stereocenters. The summed E-state index contributed by atoms with van der Waals surface area (Å²) < 4.78 is 14.1. The molecule has 0 aliphatic rings. The van der Waals surface area contributed by atoms with E-state index in [9.17, 15) is 14.7 Å². The van der Waals surface area contributed by atoms with Crippen LogP contribution in [0.25, 0.3) is 6.08 Å².